The Morgan fingerprint density at radius 3 is 2.65 bits per heavy atom. The fourth-order valence-electron chi connectivity index (χ4n) is 3.51. The first kappa shape index (κ1) is 13.9. The zero-order valence-corrected chi connectivity index (χ0v) is 12.7. The molecule has 1 aliphatic carbocycles. The molecular weight excluding hydrogens is 250 g/mol. The van der Waals surface area contributed by atoms with Gasteiger partial charge in [-0.15, -0.1) is 5.10 Å². The van der Waals surface area contributed by atoms with E-state index in [0.717, 1.165) is 19.0 Å². The van der Waals surface area contributed by atoms with Crippen LogP contribution in [-0.2, 0) is 0 Å². The summed E-state index contributed by atoms with van der Waals surface area (Å²) in [6.07, 6.45) is 9.30. The van der Waals surface area contributed by atoms with Crippen LogP contribution in [0.4, 0.5) is 0 Å². The van der Waals surface area contributed by atoms with Gasteiger partial charge in [0.15, 0.2) is 0 Å². The van der Waals surface area contributed by atoms with Crippen molar-refractivity contribution in [2.75, 3.05) is 26.2 Å². The summed E-state index contributed by atoms with van der Waals surface area (Å²) < 4.78 is 8.05. The third kappa shape index (κ3) is 3.35. The Balaban J connectivity index is 1.51. The lowest BCUT2D eigenvalue weighted by Gasteiger charge is -2.23. The van der Waals surface area contributed by atoms with E-state index in [-0.39, 0.29) is 0 Å². The van der Waals surface area contributed by atoms with Crippen molar-refractivity contribution in [3.8, 4) is 5.88 Å². The largest absolute Gasteiger partial charge is 0.475 e. The molecule has 1 saturated carbocycles. The van der Waals surface area contributed by atoms with Crippen LogP contribution in [-0.4, -0.2) is 40.9 Å². The number of hydrogen-bond donors (Lipinski definition) is 0. The fourth-order valence-corrected chi connectivity index (χ4v) is 3.51. The minimum atomic E-state index is 0.597. The third-order valence-corrected chi connectivity index (χ3v) is 4.68. The minimum Gasteiger partial charge on any atom is -0.475 e. The second-order valence-corrected chi connectivity index (χ2v) is 6.26. The first-order valence-corrected chi connectivity index (χ1v) is 8.24. The van der Waals surface area contributed by atoms with Gasteiger partial charge in [0.25, 0.3) is 0 Å². The number of rotatable bonds is 5. The molecule has 2 fully saturated rings. The van der Waals surface area contributed by atoms with Crippen molar-refractivity contribution >= 4 is 0 Å². The molecule has 2 heterocycles. The standard InChI is InChI=1S/C16H27N3O/c1-14-13-16(20-12-11-18-9-5-6-10-18)17-19(14)15-7-3-2-4-8-15/h13,15H,2-12H2,1H3. The van der Waals surface area contributed by atoms with Crippen LogP contribution in [0, 0.1) is 6.92 Å². The van der Waals surface area contributed by atoms with Crippen molar-refractivity contribution in [3.63, 3.8) is 0 Å². The topological polar surface area (TPSA) is 30.3 Å². The molecule has 112 valence electrons. The maximum atomic E-state index is 5.85. The van der Waals surface area contributed by atoms with Crippen molar-refractivity contribution in [1.82, 2.24) is 14.7 Å². The number of hydrogen-bond acceptors (Lipinski definition) is 3. The van der Waals surface area contributed by atoms with Crippen LogP contribution >= 0.6 is 0 Å². The third-order valence-electron chi connectivity index (χ3n) is 4.68. The molecule has 1 aromatic heterocycles. The molecular formula is C16H27N3O. The van der Waals surface area contributed by atoms with Crippen LogP contribution in [0.25, 0.3) is 0 Å². The molecule has 0 aromatic carbocycles. The fraction of sp³-hybridized carbons (Fsp3) is 0.812. The minimum absolute atomic E-state index is 0.597. The molecule has 0 spiro atoms. The monoisotopic (exact) mass is 277 g/mol. The van der Waals surface area contributed by atoms with E-state index in [1.165, 1.54) is 63.7 Å². The Morgan fingerprint density at radius 1 is 1.15 bits per heavy atom. The average Bonchev–Trinajstić information content (AvgIpc) is 3.10. The van der Waals surface area contributed by atoms with Crippen molar-refractivity contribution in [2.24, 2.45) is 0 Å². The summed E-state index contributed by atoms with van der Waals surface area (Å²) in [5.74, 6) is 0.812. The molecule has 0 amide bonds. The Labute approximate surface area is 122 Å². The predicted molar refractivity (Wildman–Crippen MR) is 80.3 cm³/mol. The van der Waals surface area contributed by atoms with Gasteiger partial charge in [0.2, 0.25) is 5.88 Å². The van der Waals surface area contributed by atoms with Gasteiger partial charge >= 0.3 is 0 Å². The Bertz CT molecular complexity index is 417. The molecule has 2 aliphatic rings. The van der Waals surface area contributed by atoms with Crippen LogP contribution < -0.4 is 4.74 Å². The van der Waals surface area contributed by atoms with Gasteiger partial charge in [-0.2, -0.15) is 0 Å². The summed E-state index contributed by atoms with van der Waals surface area (Å²) in [6, 6.07) is 2.69. The van der Waals surface area contributed by atoms with E-state index >= 15 is 0 Å². The lowest BCUT2D eigenvalue weighted by atomic mass is 9.95. The molecule has 0 N–H and O–H groups in total. The van der Waals surface area contributed by atoms with E-state index in [9.17, 15) is 0 Å². The van der Waals surface area contributed by atoms with Crippen LogP contribution in [0.15, 0.2) is 6.07 Å². The Kier molecular flexibility index (Phi) is 4.61. The lowest BCUT2D eigenvalue weighted by molar-refractivity contribution is 0.227. The van der Waals surface area contributed by atoms with Crippen LogP contribution in [0.1, 0.15) is 56.7 Å². The maximum Gasteiger partial charge on any atom is 0.233 e. The molecule has 0 bridgehead atoms. The van der Waals surface area contributed by atoms with Gasteiger partial charge in [0.05, 0.1) is 6.04 Å². The summed E-state index contributed by atoms with van der Waals surface area (Å²) in [5, 5.41) is 4.67. The number of aryl methyl sites for hydroxylation is 1. The number of ether oxygens (including phenoxy) is 1. The maximum absolute atomic E-state index is 5.85. The van der Waals surface area contributed by atoms with E-state index < -0.39 is 0 Å². The molecule has 1 saturated heterocycles. The highest BCUT2D eigenvalue weighted by molar-refractivity contribution is 5.15. The SMILES string of the molecule is Cc1cc(OCCN2CCCC2)nn1C1CCCCC1. The quantitative estimate of drug-likeness (QED) is 0.828. The summed E-state index contributed by atoms with van der Waals surface area (Å²) in [4.78, 5) is 2.48. The Hall–Kier alpha value is -1.03. The van der Waals surface area contributed by atoms with Crippen LogP contribution in [0.2, 0.25) is 0 Å². The highest BCUT2D eigenvalue weighted by Crippen LogP contribution is 2.29. The second kappa shape index (κ2) is 6.61. The van der Waals surface area contributed by atoms with Gasteiger partial charge in [0, 0.05) is 18.3 Å². The molecule has 1 aliphatic heterocycles. The highest BCUT2D eigenvalue weighted by atomic mass is 16.5. The summed E-state index contributed by atoms with van der Waals surface area (Å²) in [6.45, 7) is 6.42. The van der Waals surface area contributed by atoms with Crippen molar-refractivity contribution < 1.29 is 4.74 Å². The van der Waals surface area contributed by atoms with Crippen LogP contribution in [0.5, 0.6) is 5.88 Å². The van der Waals surface area contributed by atoms with Gasteiger partial charge in [0.1, 0.15) is 6.61 Å². The van der Waals surface area contributed by atoms with Crippen molar-refractivity contribution in [1.29, 1.82) is 0 Å². The molecule has 3 rings (SSSR count). The molecule has 4 heteroatoms. The normalized spacial score (nSPS) is 21.4. The van der Waals surface area contributed by atoms with E-state index in [2.05, 4.69) is 27.7 Å². The number of nitrogens with zero attached hydrogens (tertiary/aromatic N) is 3. The van der Waals surface area contributed by atoms with E-state index in [4.69, 9.17) is 4.74 Å². The van der Waals surface area contributed by atoms with Gasteiger partial charge in [-0.3, -0.25) is 9.58 Å². The van der Waals surface area contributed by atoms with Crippen LogP contribution in [0.3, 0.4) is 0 Å². The smallest absolute Gasteiger partial charge is 0.233 e. The number of aromatic nitrogens is 2. The first-order valence-electron chi connectivity index (χ1n) is 8.24. The first-order chi connectivity index (χ1) is 9.83. The van der Waals surface area contributed by atoms with Gasteiger partial charge < -0.3 is 4.74 Å². The average molecular weight is 277 g/mol. The lowest BCUT2D eigenvalue weighted by Crippen LogP contribution is -2.25. The van der Waals surface area contributed by atoms with Gasteiger partial charge in [-0.25, -0.2) is 0 Å². The molecule has 0 atom stereocenters. The van der Waals surface area contributed by atoms with Crippen molar-refractivity contribution in [2.45, 2.75) is 57.9 Å². The summed E-state index contributed by atoms with van der Waals surface area (Å²) in [5.41, 5.74) is 1.24. The zero-order chi connectivity index (χ0) is 13.8. The highest BCUT2D eigenvalue weighted by Gasteiger charge is 2.19. The Morgan fingerprint density at radius 2 is 1.90 bits per heavy atom. The molecule has 0 unspecified atom stereocenters. The summed E-state index contributed by atoms with van der Waals surface area (Å²) in [7, 11) is 0. The van der Waals surface area contributed by atoms with Crippen molar-refractivity contribution in [3.05, 3.63) is 11.8 Å². The molecule has 0 radical (unpaired) electrons. The van der Waals surface area contributed by atoms with E-state index in [0.29, 0.717) is 6.04 Å². The van der Waals surface area contributed by atoms with Gasteiger partial charge in [-0.05, 0) is 45.7 Å². The predicted octanol–water partition coefficient (Wildman–Crippen LogP) is 3.17. The molecule has 4 nitrogen and oxygen atoms in total. The second-order valence-electron chi connectivity index (χ2n) is 6.26. The van der Waals surface area contributed by atoms with E-state index in [1.807, 2.05) is 0 Å². The zero-order valence-electron chi connectivity index (χ0n) is 12.7. The number of likely N-dealkylation sites (tertiary alicyclic amines) is 1. The summed E-state index contributed by atoms with van der Waals surface area (Å²) >= 11 is 0. The molecule has 20 heavy (non-hydrogen) atoms. The molecule has 1 aromatic rings. The van der Waals surface area contributed by atoms with Gasteiger partial charge in [-0.1, -0.05) is 19.3 Å². The van der Waals surface area contributed by atoms with E-state index in [1.54, 1.807) is 0 Å².